The second-order valence-electron chi connectivity index (χ2n) is 9.53. The highest BCUT2D eigenvalue weighted by Crippen LogP contribution is 2.35. The topological polar surface area (TPSA) is 162 Å². The number of imidazole rings is 1. The van der Waals surface area contributed by atoms with Crippen LogP contribution in [0, 0.1) is 0 Å². The van der Waals surface area contributed by atoms with Gasteiger partial charge in [-0.25, -0.2) is 23.4 Å². The van der Waals surface area contributed by atoms with E-state index in [9.17, 15) is 16.8 Å². The number of benzene rings is 2. The Morgan fingerprint density at radius 1 is 1.07 bits per heavy atom. The van der Waals surface area contributed by atoms with Gasteiger partial charge in [-0.1, -0.05) is 23.7 Å². The average Bonchev–Trinajstić information content (AvgIpc) is 3.55. The molecule has 3 aromatic heterocycles. The van der Waals surface area contributed by atoms with Crippen LogP contribution in [0.4, 0.5) is 5.95 Å². The molecule has 1 atom stereocenters. The second-order valence-corrected chi connectivity index (χ2v) is 13.9. The fourth-order valence-corrected chi connectivity index (χ4v) is 7.57. The molecule has 1 aliphatic heterocycles. The fraction of sp³-hybridized carbons (Fsp3) is 0.192. The Kier molecular flexibility index (Phi) is 7.63. The van der Waals surface area contributed by atoms with Crippen LogP contribution < -0.4 is 14.6 Å². The van der Waals surface area contributed by atoms with Crippen LogP contribution in [-0.4, -0.2) is 59.6 Å². The zero-order valence-electron chi connectivity index (χ0n) is 21.8. The summed E-state index contributed by atoms with van der Waals surface area (Å²) in [5.74, 6) is 0.392. The maximum atomic E-state index is 13.2. The molecule has 6 rings (SSSR count). The SMILES string of the molecule is NS(=O)(=O)Oc1cccc(-c2nc3sccn3c2-c2ccnc(NC3CCCN(S(=O)(=O)c4ccc(Cl)cc4)C3)n2)c1. The lowest BCUT2D eigenvalue weighted by Gasteiger charge is -2.32. The van der Waals surface area contributed by atoms with Crippen LogP contribution in [-0.2, 0) is 20.3 Å². The van der Waals surface area contributed by atoms with E-state index in [4.69, 9.17) is 30.9 Å². The Balaban J connectivity index is 1.28. The number of nitrogens with two attached hydrogens (primary N) is 1. The molecule has 1 aliphatic rings. The number of sulfonamides is 1. The predicted octanol–water partition coefficient (Wildman–Crippen LogP) is 4.02. The zero-order chi connectivity index (χ0) is 29.5. The molecule has 1 unspecified atom stereocenters. The standard InChI is InChI=1S/C26H24ClN7O5S3/c27-18-6-8-21(9-7-18)41(35,36)33-12-2-4-19(16-33)30-25-29-11-10-22(31-25)24-23(32-26-34(24)13-14-40-26)17-3-1-5-20(15-17)39-42(28,37)38/h1,3,5-11,13-15,19H,2,4,12,16H2,(H2,28,37,38)(H,29,30,31). The van der Waals surface area contributed by atoms with Gasteiger partial charge in [0.15, 0.2) is 4.96 Å². The number of hydrogen-bond donors (Lipinski definition) is 2. The normalized spacial score (nSPS) is 16.5. The molecule has 12 nitrogen and oxygen atoms in total. The molecule has 0 saturated carbocycles. The van der Waals surface area contributed by atoms with Gasteiger partial charge in [-0.05, 0) is 55.3 Å². The van der Waals surface area contributed by atoms with Crippen LogP contribution in [0.15, 0.2) is 77.3 Å². The summed E-state index contributed by atoms with van der Waals surface area (Å²) in [6.07, 6.45) is 4.89. The molecule has 218 valence electrons. The Labute approximate surface area is 251 Å². The summed E-state index contributed by atoms with van der Waals surface area (Å²) in [5.41, 5.74) is 2.39. The molecule has 0 bridgehead atoms. The van der Waals surface area contributed by atoms with E-state index in [2.05, 4.69) is 10.3 Å². The number of nitrogens with zero attached hydrogens (tertiary/aromatic N) is 5. The van der Waals surface area contributed by atoms with Crippen LogP contribution in [0.25, 0.3) is 27.6 Å². The van der Waals surface area contributed by atoms with Crippen molar-refractivity contribution in [1.29, 1.82) is 0 Å². The van der Waals surface area contributed by atoms with Crippen molar-refractivity contribution in [2.24, 2.45) is 5.14 Å². The van der Waals surface area contributed by atoms with Gasteiger partial charge in [-0.15, -0.1) is 11.3 Å². The van der Waals surface area contributed by atoms with Crippen molar-refractivity contribution < 1.29 is 21.0 Å². The Morgan fingerprint density at radius 2 is 1.88 bits per heavy atom. The molecule has 0 radical (unpaired) electrons. The Hall–Kier alpha value is -3.60. The molecule has 42 heavy (non-hydrogen) atoms. The number of fused-ring (bicyclic) bond motifs is 1. The first-order valence-electron chi connectivity index (χ1n) is 12.7. The van der Waals surface area contributed by atoms with Gasteiger partial charge in [0.2, 0.25) is 16.0 Å². The van der Waals surface area contributed by atoms with E-state index >= 15 is 0 Å². The summed E-state index contributed by atoms with van der Waals surface area (Å²) >= 11 is 7.38. The molecular weight excluding hydrogens is 622 g/mol. The van der Waals surface area contributed by atoms with E-state index in [0.717, 1.165) is 6.42 Å². The lowest BCUT2D eigenvalue weighted by molar-refractivity contribution is 0.326. The summed E-state index contributed by atoms with van der Waals surface area (Å²) in [6, 6.07) is 14.1. The van der Waals surface area contributed by atoms with Crippen LogP contribution in [0.1, 0.15) is 12.8 Å². The van der Waals surface area contributed by atoms with E-state index < -0.39 is 20.3 Å². The van der Waals surface area contributed by atoms with Gasteiger partial charge < -0.3 is 9.50 Å². The smallest absolute Gasteiger partial charge is 0.371 e. The Morgan fingerprint density at radius 3 is 2.67 bits per heavy atom. The maximum absolute atomic E-state index is 13.2. The minimum absolute atomic E-state index is 0.0535. The number of aromatic nitrogens is 4. The van der Waals surface area contributed by atoms with Gasteiger partial charge in [-0.3, -0.25) is 4.40 Å². The lowest BCUT2D eigenvalue weighted by atomic mass is 10.1. The van der Waals surface area contributed by atoms with Gasteiger partial charge in [0, 0.05) is 47.5 Å². The molecule has 0 amide bonds. The minimum atomic E-state index is -4.20. The summed E-state index contributed by atoms with van der Waals surface area (Å²) in [6.45, 7) is 0.662. The van der Waals surface area contributed by atoms with Crippen molar-refractivity contribution in [2.45, 2.75) is 23.8 Å². The molecule has 4 heterocycles. The van der Waals surface area contributed by atoms with Crippen molar-refractivity contribution in [3.8, 4) is 28.4 Å². The molecule has 5 aromatic rings. The van der Waals surface area contributed by atoms with Gasteiger partial charge in [0.1, 0.15) is 11.4 Å². The molecule has 1 fully saturated rings. The fourth-order valence-electron chi connectivity index (χ4n) is 4.84. The van der Waals surface area contributed by atoms with E-state index in [1.54, 1.807) is 42.6 Å². The van der Waals surface area contributed by atoms with E-state index in [1.807, 2.05) is 16.0 Å². The van der Waals surface area contributed by atoms with Gasteiger partial charge in [0.25, 0.3) is 0 Å². The van der Waals surface area contributed by atoms with Crippen molar-refractivity contribution >= 4 is 54.2 Å². The predicted molar refractivity (Wildman–Crippen MR) is 160 cm³/mol. The van der Waals surface area contributed by atoms with Gasteiger partial charge >= 0.3 is 10.3 Å². The molecule has 3 N–H and O–H groups in total. The summed E-state index contributed by atoms with van der Waals surface area (Å²) in [4.78, 5) is 14.8. The van der Waals surface area contributed by atoms with Crippen molar-refractivity contribution in [1.82, 2.24) is 23.7 Å². The Bertz CT molecular complexity index is 1980. The van der Waals surface area contributed by atoms with Crippen molar-refractivity contribution in [3.63, 3.8) is 0 Å². The number of anilines is 1. The number of piperidine rings is 1. The zero-order valence-corrected chi connectivity index (χ0v) is 25.0. The number of rotatable bonds is 8. The number of halogens is 1. The van der Waals surface area contributed by atoms with Crippen LogP contribution in [0.3, 0.4) is 0 Å². The van der Waals surface area contributed by atoms with Crippen LogP contribution in [0.2, 0.25) is 5.02 Å². The van der Waals surface area contributed by atoms with Crippen molar-refractivity contribution in [3.05, 3.63) is 77.4 Å². The maximum Gasteiger partial charge on any atom is 0.380 e. The lowest BCUT2D eigenvalue weighted by Crippen LogP contribution is -2.45. The third-order valence-corrected chi connectivity index (χ3v) is 9.96. The average molecular weight is 646 g/mol. The van der Waals surface area contributed by atoms with E-state index in [-0.39, 0.29) is 23.2 Å². The monoisotopic (exact) mass is 645 g/mol. The number of nitrogens with one attached hydrogen (secondary N) is 1. The molecule has 2 aromatic carbocycles. The van der Waals surface area contributed by atoms with Gasteiger partial charge in [-0.2, -0.15) is 17.9 Å². The van der Waals surface area contributed by atoms with E-state index in [1.165, 1.54) is 33.8 Å². The molecular formula is C26H24ClN7O5S3. The van der Waals surface area contributed by atoms with Crippen molar-refractivity contribution in [2.75, 3.05) is 18.4 Å². The first-order valence-corrected chi connectivity index (χ1v) is 16.9. The number of hydrogen-bond acceptors (Lipinski definition) is 10. The van der Waals surface area contributed by atoms with Crippen LogP contribution in [0.5, 0.6) is 5.75 Å². The molecule has 16 heteroatoms. The third-order valence-electron chi connectivity index (χ3n) is 6.65. The highest BCUT2D eigenvalue weighted by atomic mass is 35.5. The second kappa shape index (κ2) is 11.2. The van der Waals surface area contributed by atoms with E-state index in [0.29, 0.717) is 51.5 Å². The largest absolute Gasteiger partial charge is 0.380 e. The molecule has 0 spiro atoms. The quantitative estimate of drug-likeness (QED) is 0.254. The summed E-state index contributed by atoms with van der Waals surface area (Å²) < 4.78 is 57.6. The number of thiazole rings is 1. The third kappa shape index (κ3) is 5.97. The van der Waals surface area contributed by atoms with Gasteiger partial charge in [0.05, 0.1) is 16.3 Å². The summed E-state index contributed by atoms with van der Waals surface area (Å²) in [7, 11) is -7.89. The summed E-state index contributed by atoms with van der Waals surface area (Å²) in [5, 5.41) is 10.7. The first-order chi connectivity index (χ1) is 20.1. The molecule has 0 aliphatic carbocycles. The van der Waals surface area contributed by atoms with Crippen LogP contribution >= 0.6 is 22.9 Å². The molecule has 1 saturated heterocycles. The minimum Gasteiger partial charge on any atom is -0.371 e. The highest BCUT2D eigenvalue weighted by molar-refractivity contribution is 7.89. The highest BCUT2D eigenvalue weighted by Gasteiger charge is 2.31. The first kappa shape index (κ1) is 28.5.